The summed E-state index contributed by atoms with van der Waals surface area (Å²) in [7, 11) is -3.64. The number of nitro groups is 1. The Hall–Kier alpha value is -1.67. The first kappa shape index (κ1) is 15.2. The van der Waals surface area contributed by atoms with Crippen LogP contribution in [0.25, 0.3) is 0 Å². The van der Waals surface area contributed by atoms with E-state index in [1.54, 1.807) is 12.1 Å². The predicted octanol–water partition coefficient (Wildman–Crippen LogP) is 1.19. The summed E-state index contributed by atoms with van der Waals surface area (Å²) >= 11 is 0. The molecule has 2 aliphatic heterocycles. The number of hydrogen-bond donors (Lipinski definition) is 1. The van der Waals surface area contributed by atoms with Crippen LogP contribution in [-0.4, -0.2) is 45.8 Å². The molecule has 0 radical (unpaired) electrons. The zero-order chi connectivity index (χ0) is 16.0. The van der Waals surface area contributed by atoms with Gasteiger partial charge in [0.1, 0.15) is 10.6 Å². The first-order chi connectivity index (χ1) is 10.3. The highest BCUT2D eigenvalue weighted by Crippen LogP contribution is 2.42. The Morgan fingerprint density at radius 3 is 2.73 bits per heavy atom. The number of rotatable bonds is 3. The molecule has 22 heavy (non-hydrogen) atoms. The van der Waals surface area contributed by atoms with Gasteiger partial charge in [-0.05, 0) is 31.5 Å². The topological polar surface area (TPSA) is 92.6 Å². The average Bonchev–Trinajstić information content (AvgIpc) is 3.08. The van der Waals surface area contributed by atoms with Crippen LogP contribution in [0.15, 0.2) is 23.1 Å². The molecule has 1 aromatic carbocycles. The van der Waals surface area contributed by atoms with Crippen molar-refractivity contribution in [1.82, 2.24) is 5.32 Å². The van der Waals surface area contributed by atoms with E-state index in [2.05, 4.69) is 5.32 Å². The van der Waals surface area contributed by atoms with Crippen molar-refractivity contribution < 1.29 is 13.3 Å². The quantitative estimate of drug-likeness (QED) is 0.663. The first-order valence-corrected chi connectivity index (χ1v) is 9.15. The zero-order valence-electron chi connectivity index (χ0n) is 12.4. The molecule has 1 unspecified atom stereocenters. The third-order valence-electron chi connectivity index (χ3n) is 4.67. The number of sulfone groups is 1. The molecular formula is C14H19N3O4S. The van der Waals surface area contributed by atoms with Gasteiger partial charge >= 0.3 is 5.69 Å². The van der Waals surface area contributed by atoms with E-state index < -0.39 is 14.8 Å². The van der Waals surface area contributed by atoms with Gasteiger partial charge in [-0.3, -0.25) is 10.1 Å². The summed E-state index contributed by atoms with van der Waals surface area (Å²) in [4.78, 5) is 12.6. The second kappa shape index (κ2) is 5.20. The van der Waals surface area contributed by atoms with Crippen molar-refractivity contribution in [3.63, 3.8) is 0 Å². The first-order valence-electron chi connectivity index (χ1n) is 7.26. The van der Waals surface area contributed by atoms with Crippen LogP contribution in [0.5, 0.6) is 0 Å². The van der Waals surface area contributed by atoms with Gasteiger partial charge in [-0.1, -0.05) is 6.07 Å². The number of para-hydroxylation sites is 1. The lowest BCUT2D eigenvalue weighted by atomic mass is 9.86. The van der Waals surface area contributed by atoms with Crippen molar-refractivity contribution in [3.8, 4) is 0 Å². The third kappa shape index (κ3) is 2.56. The molecule has 0 amide bonds. The Morgan fingerprint density at radius 2 is 2.14 bits per heavy atom. The van der Waals surface area contributed by atoms with E-state index in [1.807, 2.05) is 4.90 Å². The maximum atomic E-state index is 11.8. The highest BCUT2D eigenvalue weighted by molar-refractivity contribution is 7.90. The second-order valence-electron chi connectivity index (χ2n) is 6.25. The summed E-state index contributed by atoms with van der Waals surface area (Å²) < 4.78 is 23.7. The van der Waals surface area contributed by atoms with Crippen LogP contribution in [0.4, 0.5) is 11.4 Å². The molecule has 1 N–H and O–H groups in total. The van der Waals surface area contributed by atoms with E-state index in [-0.39, 0.29) is 16.0 Å². The largest absolute Gasteiger partial charge is 0.365 e. The van der Waals surface area contributed by atoms with Crippen molar-refractivity contribution in [2.75, 3.05) is 37.3 Å². The molecule has 2 heterocycles. The molecule has 0 aliphatic carbocycles. The molecule has 3 rings (SSSR count). The molecule has 0 aromatic heterocycles. The van der Waals surface area contributed by atoms with Crippen LogP contribution >= 0.6 is 0 Å². The van der Waals surface area contributed by atoms with Gasteiger partial charge in [0, 0.05) is 31.3 Å². The third-order valence-corrected chi connectivity index (χ3v) is 5.80. The van der Waals surface area contributed by atoms with Crippen molar-refractivity contribution in [2.45, 2.75) is 17.7 Å². The molecule has 2 aliphatic rings. The van der Waals surface area contributed by atoms with Gasteiger partial charge in [-0.25, -0.2) is 8.42 Å². The smallest absolute Gasteiger partial charge is 0.311 e. The normalized spacial score (nSPS) is 25.0. The lowest BCUT2D eigenvalue weighted by molar-refractivity contribution is -0.387. The summed E-state index contributed by atoms with van der Waals surface area (Å²) in [5, 5.41) is 14.8. The molecule has 2 saturated heterocycles. The van der Waals surface area contributed by atoms with E-state index in [0.717, 1.165) is 45.3 Å². The number of anilines is 1. The lowest BCUT2D eigenvalue weighted by Gasteiger charge is -2.24. The monoisotopic (exact) mass is 325 g/mol. The van der Waals surface area contributed by atoms with Gasteiger partial charge in [0.25, 0.3) is 0 Å². The predicted molar refractivity (Wildman–Crippen MR) is 83.0 cm³/mol. The van der Waals surface area contributed by atoms with E-state index in [9.17, 15) is 18.5 Å². The number of nitrogens with zero attached hydrogens (tertiary/aromatic N) is 2. The van der Waals surface area contributed by atoms with Gasteiger partial charge < -0.3 is 10.2 Å². The molecule has 0 bridgehead atoms. The maximum absolute atomic E-state index is 11.8. The molecule has 2 fully saturated rings. The average molecular weight is 325 g/mol. The minimum Gasteiger partial charge on any atom is -0.365 e. The highest BCUT2D eigenvalue weighted by Gasteiger charge is 2.42. The van der Waals surface area contributed by atoms with Gasteiger partial charge in [0.05, 0.1) is 4.92 Å². The fraction of sp³-hybridized carbons (Fsp3) is 0.571. The van der Waals surface area contributed by atoms with E-state index in [4.69, 9.17) is 0 Å². The fourth-order valence-electron chi connectivity index (χ4n) is 3.53. The van der Waals surface area contributed by atoms with E-state index in [0.29, 0.717) is 5.69 Å². The molecule has 8 heteroatoms. The van der Waals surface area contributed by atoms with Crippen LogP contribution < -0.4 is 10.2 Å². The maximum Gasteiger partial charge on any atom is 0.311 e. The Balaban J connectivity index is 2.03. The molecule has 0 saturated carbocycles. The van der Waals surface area contributed by atoms with Gasteiger partial charge in [0.15, 0.2) is 9.84 Å². The molecule has 1 atom stereocenters. The number of benzene rings is 1. The van der Waals surface area contributed by atoms with Crippen molar-refractivity contribution in [1.29, 1.82) is 0 Å². The lowest BCUT2D eigenvalue weighted by Crippen LogP contribution is -2.29. The van der Waals surface area contributed by atoms with Gasteiger partial charge in [0.2, 0.25) is 0 Å². The van der Waals surface area contributed by atoms with Crippen LogP contribution in [0, 0.1) is 15.5 Å². The van der Waals surface area contributed by atoms with Gasteiger partial charge in [-0.15, -0.1) is 0 Å². The molecule has 1 aromatic rings. The second-order valence-corrected chi connectivity index (χ2v) is 8.24. The molecule has 7 nitrogen and oxygen atoms in total. The number of nitro benzene ring substituents is 1. The summed E-state index contributed by atoms with van der Waals surface area (Å²) in [5.41, 5.74) is 0.277. The minimum atomic E-state index is -3.64. The SMILES string of the molecule is CS(=O)(=O)c1cccc(N2CCC3(CCNC3)C2)c1[N+](=O)[O-]. The minimum absolute atomic E-state index is 0.162. The zero-order valence-corrected chi connectivity index (χ0v) is 13.2. The molecule has 120 valence electrons. The molecule has 1 spiro atoms. The van der Waals surface area contributed by atoms with Crippen LogP contribution in [0.3, 0.4) is 0 Å². The van der Waals surface area contributed by atoms with E-state index in [1.165, 1.54) is 6.07 Å². The Morgan fingerprint density at radius 1 is 1.36 bits per heavy atom. The summed E-state index contributed by atoms with van der Waals surface area (Å²) in [6.07, 6.45) is 3.04. The van der Waals surface area contributed by atoms with Crippen LogP contribution in [0.2, 0.25) is 0 Å². The van der Waals surface area contributed by atoms with Crippen LogP contribution in [0.1, 0.15) is 12.8 Å². The molecular weight excluding hydrogens is 306 g/mol. The fourth-order valence-corrected chi connectivity index (χ4v) is 4.39. The van der Waals surface area contributed by atoms with Crippen molar-refractivity contribution in [3.05, 3.63) is 28.3 Å². The Labute approximate surface area is 129 Å². The summed E-state index contributed by atoms with van der Waals surface area (Å²) in [6.45, 7) is 3.34. The van der Waals surface area contributed by atoms with Crippen molar-refractivity contribution in [2.24, 2.45) is 5.41 Å². The number of hydrogen-bond acceptors (Lipinski definition) is 6. The summed E-state index contributed by atoms with van der Waals surface area (Å²) in [5.74, 6) is 0. The van der Waals surface area contributed by atoms with E-state index >= 15 is 0 Å². The van der Waals surface area contributed by atoms with Crippen LogP contribution in [-0.2, 0) is 9.84 Å². The standard InChI is InChI=1S/C14H19N3O4S/c1-22(20,21)12-4-2-3-11(13(12)17(18)19)16-8-6-14(10-16)5-7-15-9-14/h2-4,15H,5-10H2,1H3. The number of nitrogens with one attached hydrogen (secondary N) is 1. The van der Waals surface area contributed by atoms with Gasteiger partial charge in [-0.2, -0.15) is 0 Å². The Kier molecular flexibility index (Phi) is 3.60. The van der Waals surface area contributed by atoms with Crippen molar-refractivity contribution >= 4 is 21.2 Å². The Bertz CT molecular complexity index is 711. The highest BCUT2D eigenvalue weighted by atomic mass is 32.2. The summed E-state index contributed by atoms with van der Waals surface area (Å²) in [6, 6.07) is 4.53.